The summed E-state index contributed by atoms with van der Waals surface area (Å²) in [6.07, 6.45) is 5.83. The molecular formula is C14H25N5O. The fourth-order valence-corrected chi connectivity index (χ4v) is 2.91. The molecular weight excluding hydrogens is 254 g/mol. The van der Waals surface area contributed by atoms with Crippen molar-refractivity contribution in [1.82, 2.24) is 19.6 Å². The average molecular weight is 279 g/mol. The summed E-state index contributed by atoms with van der Waals surface area (Å²) in [5.41, 5.74) is 6.80. The van der Waals surface area contributed by atoms with Gasteiger partial charge in [0, 0.05) is 38.4 Å². The molecule has 1 aliphatic rings. The highest BCUT2D eigenvalue weighted by Crippen LogP contribution is 2.19. The van der Waals surface area contributed by atoms with Crippen molar-refractivity contribution in [3.63, 3.8) is 0 Å². The maximum Gasteiger partial charge on any atom is 0.243 e. The molecule has 0 aliphatic carbocycles. The first-order chi connectivity index (χ1) is 9.52. The normalized spacial score (nSPS) is 21.1. The van der Waals surface area contributed by atoms with Crippen LogP contribution in [0.4, 0.5) is 0 Å². The molecule has 0 bridgehead atoms. The van der Waals surface area contributed by atoms with Crippen LogP contribution in [-0.4, -0.2) is 58.2 Å². The lowest BCUT2D eigenvalue weighted by Gasteiger charge is -2.29. The third-order valence-electron chi connectivity index (χ3n) is 4.12. The zero-order valence-electron chi connectivity index (χ0n) is 12.6. The summed E-state index contributed by atoms with van der Waals surface area (Å²) in [6.45, 7) is 5.10. The van der Waals surface area contributed by atoms with Crippen LogP contribution >= 0.6 is 0 Å². The molecule has 1 aromatic rings. The highest BCUT2D eigenvalue weighted by molar-refractivity contribution is 5.82. The van der Waals surface area contributed by atoms with Gasteiger partial charge in [0.25, 0.3) is 0 Å². The van der Waals surface area contributed by atoms with E-state index in [1.54, 1.807) is 22.0 Å². The monoisotopic (exact) mass is 279 g/mol. The van der Waals surface area contributed by atoms with Gasteiger partial charge in [0.15, 0.2) is 0 Å². The molecule has 1 amide bonds. The summed E-state index contributed by atoms with van der Waals surface area (Å²) in [4.78, 5) is 16.6. The van der Waals surface area contributed by atoms with Crippen LogP contribution in [-0.2, 0) is 11.8 Å². The second-order valence-corrected chi connectivity index (χ2v) is 5.57. The minimum Gasteiger partial charge on any atom is -0.343 e. The van der Waals surface area contributed by atoms with Gasteiger partial charge in [-0.1, -0.05) is 6.92 Å². The summed E-state index contributed by atoms with van der Waals surface area (Å²) < 4.78 is 1.66. The highest BCUT2D eigenvalue weighted by Gasteiger charge is 2.28. The van der Waals surface area contributed by atoms with E-state index >= 15 is 0 Å². The predicted molar refractivity (Wildman–Crippen MR) is 78.0 cm³/mol. The third kappa shape index (κ3) is 3.19. The van der Waals surface area contributed by atoms with Crippen LogP contribution in [0.25, 0.3) is 0 Å². The topological polar surface area (TPSA) is 67.4 Å². The van der Waals surface area contributed by atoms with E-state index in [-0.39, 0.29) is 5.91 Å². The molecule has 2 N–H and O–H groups in total. The summed E-state index contributed by atoms with van der Waals surface area (Å²) in [6, 6.07) is -0.153. The number of aryl methyl sites for hydroxylation is 1. The first-order valence-corrected chi connectivity index (χ1v) is 7.26. The van der Waals surface area contributed by atoms with Crippen molar-refractivity contribution in [2.24, 2.45) is 12.8 Å². The molecule has 0 spiro atoms. The molecule has 0 radical (unpaired) electrons. The summed E-state index contributed by atoms with van der Waals surface area (Å²) in [7, 11) is 3.66. The van der Waals surface area contributed by atoms with E-state index in [1.807, 2.05) is 14.1 Å². The minimum atomic E-state index is -0.620. The van der Waals surface area contributed by atoms with Gasteiger partial charge in [0.1, 0.15) is 6.04 Å². The molecule has 2 unspecified atom stereocenters. The van der Waals surface area contributed by atoms with Gasteiger partial charge in [-0.05, 0) is 25.9 Å². The van der Waals surface area contributed by atoms with Crippen molar-refractivity contribution in [3.05, 3.63) is 18.0 Å². The molecule has 1 aliphatic heterocycles. The predicted octanol–water partition coefficient (Wildman–Crippen LogP) is 0.363. The summed E-state index contributed by atoms with van der Waals surface area (Å²) >= 11 is 0. The lowest BCUT2D eigenvalue weighted by atomic mass is 10.1. The molecule has 1 fully saturated rings. The van der Waals surface area contributed by atoms with Crippen LogP contribution in [0.15, 0.2) is 12.4 Å². The number of hydrogen-bond donors (Lipinski definition) is 1. The maximum atomic E-state index is 12.4. The Morgan fingerprint density at radius 3 is 3.00 bits per heavy atom. The minimum absolute atomic E-state index is 0.0408. The molecule has 6 nitrogen and oxygen atoms in total. The molecule has 20 heavy (non-hydrogen) atoms. The van der Waals surface area contributed by atoms with E-state index in [0.29, 0.717) is 6.04 Å². The van der Waals surface area contributed by atoms with Crippen molar-refractivity contribution in [2.45, 2.75) is 31.8 Å². The van der Waals surface area contributed by atoms with Crippen molar-refractivity contribution >= 4 is 5.91 Å². The number of likely N-dealkylation sites (N-methyl/N-ethyl adjacent to an activating group) is 2. The Morgan fingerprint density at radius 1 is 1.65 bits per heavy atom. The first-order valence-electron chi connectivity index (χ1n) is 7.26. The molecule has 2 rings (SSSR count). The van der Waals surface area contributed by atoms with Gasteiger partial charge in [-0.3, -0.25) is 14.4 Å². The van der Waals surface area contributed by atoms with Crippen LogP contribution in [0.5, 0.6) is 0 Å². The van der Waals surface area contributed by atoms with Crippen LogP contribution in [0.1, 0.15) is 31.4 Å². The lowest BCUT2D eigenvalue weighted by molar-refractivity contribution is -0.132. The second kappa shape index (κ2) is 6.37. The molecule has 2 atom stereocenters. The number of nitrogens with zero attached hydrogens (tertiary/aromatic N) is 4. The SMILES string of the molecule is CCN1CCCC1CN(C)C(=O)C(N)c1cnn(C)c1. The number of amides is 1. The van der Waals surface area contributed by atoms with Gasteiger partial charge in [-0.25, -0.2) is 0 Å². The molecule has 0 aromatic carbocycles. The molecule has 1 saturated heterocycles. The van der Waals surface area contributed by atoms with Crippen LogP contribution < -0.4 is 5.73 Å². The number of nitrogens with two attached hydrogens (primary N) is 1. The average Bonchev–Trinajstić information content (AvgIpc) is 3.05. The zero-order chi connectivity index (χ0) is 14.7. The second-order valence-electron chi connectivity index (χ2n) is 5.57. The number of rotatable bonds is 5. The van der Waals surface area contributed by atoms with Crippen molar-refractivity contribution < 1.29 is 4.79 Å². The molecule has 112 valence electrons. The Kier molecular flexibility index (Phi) is 4.77. The van der Waals surface area contributed by atoms with E-state index in [1.165, 1.54) is 6.42 Å². The van der Waals surface area contributed by atoms with E-state index in [4.69, 9.17) is 5.73 Å². The fourth-order valence-electron chi connectivity index (χ4n) is 2.91. The number of carbonyl (C=O) groups excluding carboxylic acids is 1. The lowest BCUT2D eigenvalue weighted by Crippen LogP contribution is -2.44. The zero-order valence-corrected chi connectivity index (χ0v) is 12.6. The standard InChI is InChI=1S/C14H25N5O/c1-4-19-7-5-6-12(19)10-17(2)14(20)13(15)11-8-16-18(3)9-11/h8-9,12-13H,4-7,10,15H2,1-3H3. The van der Waals surface area contributed by atoms with E-state index < -0.39 is 6.04 Å². The van der Waals surface area contributed by atoms with Crippen molar-refractivity contribution in [2.75, 3.05) is 26.7 Å². The number of carbonyl (C=O) groups is 1. The Labute approximate surface area is 120 Å². The Hall–Kier alpha value is -1.40. The highest BCUT2D eigenvalue weighted by atomic mass is 16.2. The molecule has 0 saturated carbocycles. The van der Waals surface area contributed by atoms with Crippen molar-refractivity contribution in [1.29, 1.82) is 0 Å². The maximum absolute atomic E-state index is 12.4. The van der Waals surface area contributed by atoms with Crippen LogP contribution in [0.2, 0.25) is 0 Å². The van der Waals surface area contributed by atoms with E-state index in [0.717, 1.165) is 31.6 Å². The smallest absolute Gasteiger partial charge is 0.243 e. The first kappa shape index (κ1) is 15.0. The van der Waals surface area contributed by atoms with Gasteiger partial charge >= 0.3 is 0 Å². The van der Waals surface area contributed by atoms with Gasteiger partial charge < -0.3 is 10.6 Å². The quantitative estimate of drug-likeness (QED) is 0.845. The molecule has 6 heteroatoms. The largest absolute Gasteiger partial charge is 0.343 e. The van der Waals surface area contributed by atoms with Gasteiger partial charge in [-0.15, -0.1) is 0 Å². The molecule has 1 aromatic heterocycles. The Bertz CT molecular complexity index is 458. The van der Waals surface area contributed by atoms with Gasteiger partial charge in [0.05, 0.1) is 6.20 Å². The van der Waals surface area contributed by atoms with Gasteiger partial charge in [-0.2, -0.15) is 5.10 Å². The molecule has 2 heterocycles. The third-order valence-corrected chi connectivity index (χ3v) is 4.12. The number of likely N-dealkylation sites (tertiary alicyclic amines) is 1. The number of hydrogen-bond acceptors (Lipinski definition) is 4. The van der Waals surface area contributed by atoms with Crippen LogP contribution in [0.3, 0.4) is 0 Å². The Morgan fingerprint density at radius 2 is 2.40 bits per heavy atom. The number of aromatic nitrogens is 2. The van der Waals surface area contributed by atoms with Gasteiger partial charge in [0.2, 0.25) is 5.91 Å². The van der Waals surface area contributed by atoms with Crippen molar-refractivity contribution in [3.8, 4) is 0 Å². The van der Waals surface area contributed by atoms with E-state index in [2.05, 4.69) is 16.9 Å². The summed E-state index contributed by atoms with van der Waals surface area (Å²) in [5.74, 6) is -0.0408. The van der Waals surface area contributed by atoms with E-state index in [9.17, 15) is 4.79 Å². The fraction of sp³-hybridized carbons (Fsp3) is 0.714. The van der Waals surface area contributed by atoms with Crippen LogP contribution in [0, 0.1) is 0 Å². The summed E-state index contributed by atoms with van der Waals surface area (Å²) in [5, 5.41) is 4.07. The Balaban J connectivity index is 1.94.